The molecule has 1 N–H and O–H groups in total. The maximum absolute atomic E-state index is 13.9. The van der Waals surface area contributed by atoms with Crippen LogP contribution in [0.4, 0.5) is 4.39 Å². The molecule has 0 fully saturated rings. The van der Waals surface area contributed by atoms with Crippen LogP contribution in [0.25, 0.3) is 16.9 Å². The lowest BCUT2D eigenvalue weighted by Gasteiger charge is -2.12. The van der Waals surface area contributed by atoms with Crippen molar-refractivity contribution < 1.29 is 13.9 Å². The monoisotopic (exact) mass is 403 g/mol. The van der Waals surface area contributed by atoms with E-state index in [2.05, 4.69) is 20.6 Å². The van der Waals surface area contributed by atoms with Crippen molar-refractivity contribution >= 4 is 5.91 Å². The molecule has 0 aliphatic heterocycles. The number of methoxy groups -OCH3 is 1. The van der Waals surface area contributed by atoms with Crippen molar-refractivity contribution in [1.82, 2.24) is 25.3 Å². The molecule has 0 aliphatic carbocycles. The summed E-state index contributed by atoms with van der Waals surface area (Å²) in [5.74, 6) is -0.271. The molecule has 0 bridgehead atoms. The van der Waals surface area contributed by atoms with E-state index < -0.39 is 5.91 Å². The lowest BCUT2D eigenvalue weighted by atomic mass is 10.1. The van der Waals surface area contributed by atoms with E-state index in [1.807, 2.05) is 18.2 Å². The second-order valence-electron chi connectivity index (χ2n) is 6.38. The minimum atomic E-state index is -0.466. The van der Waals surface area contributed by atoms with Crippen LogP contribution >= 0.6 is 0 Å². The smallest absolute Gasteiger partial charge is 0.274 e. The van der Waals surface area contributed by atoms with Gasteiger partial charge in [-0.2, -0.15) is 0 Å². The summed E-state index contributed by atoms with van der Waals surface area (Å²) in [5.41, 5.74) is 2.31. The quantitative estimate of drug-likeness (QED) is 0.534. The molecule has 0 atom stereocenters. The Hall–Kier alpha value is -4.07. The van der Waals surface area contributed by atoms with Crippen molar-refractivity contribution in [1.29, 1.82) is 0 Å². The van der Waals surface area contributed by atoms with Crippen LogP contribution in [-0.4, -0.2) is 33.0 Å². The second-order valence-corrected chi connectivity index (χ2v) is 6.38. The van der Waals surface area contributed by atoms with E-state index in [1.54, 1.807) is 60.6 Å². The first kappa shape index (κ1) is 19.3. The third-order valence-electron chi connectivity index (χ3n) is 4.55. The van der Waals surface area contributed by atoms with Crippen LogP contribution in [0.1, 0.15) is 16.1 Å². The normalized spacial score (nSPS) is 10.6. The summed E-state index contributed by atoms with van der Waals surface area (Å²) < 4.78 is 20.9. The number of hydrogen-bond acceptors (Lipinski definition) is 5. The molecule has 0 radical (unpaired) electrons. The van der Waals surface area contributed by atoms with E-state index in [0.29, 0.717) is 28.3 Å². The summed E-state index contributed by atoms with van der Waals surface area (Å²) in [6, 6.07) is 17.1. The first-order valence-corrected chi connectivity index (χ1v) is 9.20. The number of amides is 1. The number of benzene rings is 2. The molecule has 0 aliphatic rings. The SMILES string of the molecule is COc1ccccc1-n1nnc(C(=O)NCc2ccccc2F)c1-c1ccncc1. The molecular weight excluding hydrogens is 385 g/mol. The van der Waals surface area contributed by atoms with Gasteiger partial charge in [0.05, 0.1) is 7.11 Å². The van der Waals surface area contributed by atoms with Gasteiger partial charge >= 0.3 is 0 Å². The number of carbonyl (C=O) groups excluding carboxylic acids is 1. The van der Waals surface area contributed by atoms with E-state index in [0.717, 1.165) is 0 Å². The predicted octanol–water partition coefficient (Wildman–Crippen LogP) is 3.41. The topological polar surface area (TPSA) is 81.9 Å². The molecule has 150 valence electrons. The fourth-order valence-corrected chi connectivity index (χ4v) is 3.08. The van der Waals surface area contributed by atoms with Gasteiger partial charge in [0, 0.05) is 30.1 Å². The van der Waals surface area contributed by atoms with E-state index in [4.69, 9.17) is 4.74 Å². The number of carbonyl (C=O) groups is 1. The van der Waals surface area contributed by atoms with E-state index in [-0.39, 0.29) is 18.1 Å². The minimum absolute atomic E-state index is 0.0306. The first-order valence-electron chi connectivity index (χ1n) is 9.20. The molecule has 4 rings (SSSR count). The van der Waals surface area contributed by atoms with Gasteiger partial charge in [-0.1, -0.05) is 35.5 Å². The van der Waals surface area contributed by atoms with E-state index in [1.165, 1.54) is 6.07 Å². The summed E-state index contributed by atoms with van der Waals surface area (Å²) in [6.45, 7) is 0.0306. The highest BCUT2D eigenvalue weighted by Gasteiger charge is 2.23. The van der Waals surface area contributed by atoms with Crippen LogP contribution in [-0.2, 0) is 6.54 Å². The molecule has 0 spiro atoms. The first-order chi connectivity index (χ1) is 14.7. The zero-order valence-electron chi connectivity index (χ0n) is 16.1. The Kier molecular flexibility index (Phi) is 5.47. The zero-order valence-corrected chi connectivity index (χ0v) is 16.1. The Morgan fingerprint density at radius 1 is 1.07 bits per heavy atom. The fraction of sp³-hybridized carbons (Fsp3) is 0.0909. The summed E-state index contributed by atoms with van der Waals surface area (Å²) in [7, 11) is 1.56. The second kappa shape index (κ2) is 8.52. The average Bonchev–Trinajstić information content (AvgIpc) is 3.24. The number of ether oxygens (including phenoxy) is 1. The summed E-state index contributed by atoms with van der Waals surface area (Å²) in [4.78, 5) is 17.0. The summed E-state index contributed by atoms with van der Waals surface area (Å²) in [6.07, 6.45) is 3.24. The Bertz CT molecular complexity index is 1180. The van der Waals surface area contributed by atoms with Gasteiger partial charge in [-0.3, -0.25) is 9.78 Å². The summed E-state index contributed by atoms with van der Waals surface area (Å²) >= 11 is 0. The summed E-state index contributed by atoms with van der Waals surface area (Å²) in [5, 5.41) is 11.0. The van der Waals surface area contributed by atoms with Crippen LogP contribution in [0.15, 0.2) is 73.1 Å². The zero-order chi connectivity index (χ0) is 20.9. The van der Waals surface area contributed by atoms with Crippen LogP contribution in [0, 0.1) is 5.82 Å². The van der Waals surface area contributed by atoms with Gasteiger partial charge < -0.3 is 10.1 Å². The highest BCUT2D eigenvalue weighted by molar-refractivity contribution is 5.98. The third kappa shape index (κ3) is 3.75. The Morgan fingerprint density at radius 3 is 2.57 bits per heavy atom. The van der Waals surface area contributed by atoms with Gasteiger partial charge in [-0.15, -0.1) is 5.10 Å². The van der Waals surface area contributed by atoms with Crippen molar-refractivity contribution in [3.8, 4) is 22.7 Å². The largest absolute Gasteiger partial charge is 0.494 e. The van der Waals surface area contributed by atoms with Crippen molar-refractivity contribution in [2.24, 2.45) is 0 Å². The molecule has 2 aromatic heterocycles. The van der Waals surface area contributed by atoms with E-state index >= 15 is 0 Å². The molecule has 30 heavy (non-hydrogen) atoms. The van der Waals surface area contributed by atoms with E-state index in [9.17, 15) is 9.18 Å². The Balaban J connectivity index is 1.74. The lowest BCUT2D eigenvalue weighted by molar-refractivity contribution is 0.0946. The Morgan fingerprint density at radius 2 is 1.80 bits per heavy atom. The number of pyridine rings is 1. The Labute approximate surface area is 172 Å². The molecular formula is C22H18FN5O2. The molecule has 2 aromatic carbocycles. The molecule has 2 heterocycles. The van der Waals surface area contributed by atoms with Gasteiger partial charge in [-0.05, 0) is 30.3 Å². The molecule has 0 saturated carbocycles. The fourth-order valence-electron chi connectivity index (χ4n) is 3.08. The number of halogens is 1. The standard InChI is InChI=1S/C22H18FN5O2/c1-30-19-9-5-4-8-18(19)28-21(15-10-12-24-13-11-15)20(26-27-28)22(29)25-14-16-6-2-3-7-17(16)23/h2-13H,14H2,1H3,(H,25,29). The third-order valence-corrected chi connectivity index (χ3v) is 4.55. The van der Waals surface area contributed by atoms with Crippen molar-refractivity contribution in [2.75, 3.05) is 7.11 Å². The molecule has 0 unspecified atom stereocenters. The maximum atomic E-state index is 13.9. The van der Waals surface area contributed by atoms with Gasteiger partial charge in [0.2, 0.25) is 0 Å². The van der Waals surface area contributed by atoms with Gasteiger partial charge in [0.1, 0.15) is 22.9 Å². The number of hydrogen-bond donors (Lipinski definition) is 1. The molecule has 0 saturated heterocycles. The average molecular weight is 403 g/mol. The van der Waals surface area contributed by atoms with Gasteiger partial charge in [-0.25, -0.2) is 9.07 Å². The van der Waals surface area contributed by atoms with Crippen LogP contribution in [0.5, 0.6) is 5.75 Å². The molecule has 8 heteroatoms. The molecule has 4 aromatic rings. The maximum Gasteiger partial charge on any atom is 0.274 e. The predicted molar refractivity (Wildman–Crippen MR) is 109 cm³/mol. The number of aromatic nitrogens is 4. The minimum Gasteiger partial charge on any atom is -0.494 e. The lowest BCUT2D eigenvalue weighted by Crippen LogP contribution is -2.24. The molecule has 1 amide bonds. The van der Waals surface area contributed by atoms with Gasteiger partial charge in [0.25, 0.3) is 5.91 Å². The van der Waals surface area contributed by atoms with Gasteiger partial charge in [0.15, 0.2) is 5.69 Å². The number of para-hydroxylation sites is 2. The van der Waals surface area contributed by atoms with Crippen molar-refractivity contribution in [3.63, 3.8) is 0 Å². The highest BCUT2D eigenvalue weighted by Crippen LogP contribution is 2.29. The van der Waals surface area contributed by atoms with Crippen LogP contribution in [0.3, 0.4) is 0 Å². The number of nitrogens with zero attached hydrogens (tertiary/aromatic N) is 4. The van der Waals surface area contributed by atoms with Crippen molar-refractivity contribution in [2.45, 2.75) is 6.54 Å². The number of rotatable bonds is 6. The number of nitrogens with one attached hydrogen (secondary N) is 1. The van der Waals surface area contributed by atoms with Crippen LogP contribution in [0.2, 0.25) is 0 Å². The molecule has 7 nitrogen and oxygen atoms in total. The van der Waals surface area contributed by atoms with Crippen molar-refractivity contribution in [3.05, 3.63) is 90.1 Å². The van der Waals surface area contributed by atoms with Crippen LogP contribution < -0.4 is 10.1 Å². The highest BCUT2D eigenvalue weighted by atomic mass is 19.1.